The minimum absolute atomic E-state index is 0.220. The fourth-order valence-corrected chi connectivity index (χ4v) is 2.58. The second kappa shape index (κ2) is 6.74. The zero-order valence-corrected chi connectivity index (χ0v) is 12.8. The number of aromatic amines is 1. The number of halogens is 2. The summed E-state index contributed by atoms with van der Waals surface area (Å²) < 4.78 is 27.1. The SMILES string of the molecule is O=c1[nH]c2cccnc2c(=O)n1CCCCc1ccc(F)c(F)c1. The van der Waals surface area contributed by atoms with Crippen LogP contribution in [-0.2, 0) is 13.0 Å². The fraction of sp³-hybridized carbons (Fsp3) is 0.235. The van der Waals surface area contributed by atoms with Crippen LogP contribution in [-0.4, -0.2) is 14.5 Å². The minimum atomic E-state index is -0.875. The summed E-state index contributed by atoms with van der Waals surface area (Å²) in [5.41, 5.74) is 0.397. The van der Waals surface area contributed by atoms with Crippen LogP contribution in [0.4, 0.5) is 8.78 Å². The molecule has 5 nitrogen and oxygen atoms in total. The third-order valence-electron chi connectivity index (χ3n) is 3.82. The lowest BCUT2D eigenvalue weighted by atomic mass is 10.1. The molecule has 0 spiro atoms. The van der Waals surface area contributed by atoms with Gasteiger partial charge in [0.2, 0.25) is 0 Å². The molecule has 124 valence electrons. The molecule has 24 heavy (non-hydrogen) atoms. The predicted molar refractivity (Wildman–Crippen MR) is 85.9 cm³/mol. The first kappa shape index (κ1) is 16.0. The number of rotatable bonds is 5. The number of aromatic nitrogens is 3. The van der Waals surface area contributed by atoms with Crippen molar-refractivity contribution in [1.29, 1.82) is 0 Å². The van der Waals surface area contributed by atoms with Crippen molar-refractivity contribution in [2.75, 3.05) is 0 Å². The number of pyridine rings is 1. The lowest BCUT2D eigenvalue weighted by Gasteiger charge is -2.06. The molecule has 0 fully saturated rings. The molecule has 3 aromatic rings. The smallest absolute Gasteiger partial charge is 0.305 e. The van der Waals surface area contributed by atoms with Gasteiger partial charge in [0, 0.05) is 12.7 Å². The van der Waals surface area contributed by atoms with Gasteiger partial charge in [-0.2, -0.15) is 0 Å². The van der Waals surface area contributed by atoms with Crippen molar-refractivity contribution in [3.63, 3.8) is 0 Å². The van der Waals surface area contributed by atoms with Gasteiger partial charge in [-0.3, -0.25) is 9.36 Å². The van der Waals surface area contributed by atoms with Gasteiger partial charge in [-0.15, -0.1) is 0 Å². The highest BCUT2D eigenvalue weighted by Crippen LogP contribution is 2.11. The second-order valence-corrected chi connectivity index (χ2v) is 5.49. The maximum Gasteiger partial charge on any atom is 0.328 e. The van der Waals surface area contributed by atoms with Crippen LogP contribution in [0, 0.1) is 11.6 Å². The van der Waals surface area contributed by atoms with Gasteiger partial charge in [-0.05, 0) is 49.1 Å². The Morgan fingerprint density at radius 1 is 1.08 bits per heavy atom. The zero-order valence-electron chi connectivity index (χ0n) is 12.8. The Balaban J connectivity index is 1.69. The molecule has 2 heterocycles. The molecule has 0 aliphatic carbocycles. The van der Waals surface area contributed by atoms with Crippen LogP contribution in [0.5, 0.6) is 0 Å². The quantitative estimate of drug-likeness (QED) is 0.730. The normalized spacial score (nSPS) is 11.1. The molecule has 0 radical (unpaired) electrons. The standard InChI is InChI=1S/C17H15F2N3O2/c18-12-7-6-11(10-13(12)19)4-1-2-9-22-16(23)15-14(21-17(22)24)5-3-8-20-15/h3,5-8,10H,1-2,4,9H2,(H,21,24). The van der Waals surface area contributed by atoms with E-state index < -0.39 is 22.9 Å². The summed E-state index contributed by atoms with van der Waals surface area (Å²) >= 11 is 0. The highest BCUT2D eigenvalue weighted by Gasteiger charge is 2.08. The van der Waals surface area contributed by atoms with Gasteiger partial charge in [0.1, 0.15) is 0 Å². The lowest BCUT2D eigenvalue weighted by Crippen LogP contribution is -2.35. The molecule has 0 unspecified atom stereocenters. The third kappa shape index (κ3) is 3.24. The summed E-state index contributed by atoms with van der Waals surface area (Å²) in [6.45, 7) is 0.240. The van der Waals surface area contributed by atoms with Crippen LogP contribution >= 0.6 is 0 Å². The molecule has 0 saturated heterocycles. The van der Waals surface area contributed by atoms with Gasteiger partial charge < -0.3 is 4.98 Å². The van der Waals surface area contributed by atoms with Gasteiger partial charge in [-0.1, -0.05) is 6.07 Å². The zero-order chi connectivity index (χ0) is 17.1. The maximum atomic E-state index is 13.1. The van der Waals surface area contributed by atoms with Crippen LogP contribution < -0.4 is 11.2 Å². The van der Waals surface area contributed by atoms with Crippen LogP contribution in [0.25, 0.3) is 11.0 Å². The van der Waals surface area contributed by atoms with Crippen LogP contribution in [0.3, 0.4) is 0 Å². The van der Waals surface area contributed by atoms with E-state index in [2.05, 4.69) is 9.97 Å². The summed E-state index contributed by atoms with van der Waals surface area (Å²) in [7, 11) is 0. The number of benzene rings is 1. The van der Waals surface area contributed by atoms with E-state index in [0.29, 0.717) is 30.3 Å². The monoisotopic (exact) mass is 331 g/mol. The van der Waals surface area contributed by atoms with Crippen molar-refractivity contribution < 1.29 is 8.78 Å². The fourth-order valence-electron chi connectivity index (χ4n) is 2.58. The number of nitrogens with zero attached hydrogens (tertiary/aromatic N) is 2. The van der Waals surface area contributed by atoms with Crippen molar-refractivity contribution >= 4 is 11.0 Å². The highest BCUT2D eigenvalue weighted by atomic mass is 19.2. The predicted octanol–water partition coefficient (Wildman–Crippen LogP) is 2.39. The van der Waals surface area contributed by atoms with Crippen LogP contribution in [0.1, 0.15) is 18.4 Å². The molecule has 1 N–H and O–H groups in total. The third-order valence-corrected chi connectivity index (χ3v) is 3.82. The number of nitrogens with one attached hydrogen (secondary N) is 1. The summed E-state index contributed by atoms with van der Waals surface area (Å²) in [6.07, 6.45) is 3.22. The van der Waals surface area contributed by atoms with E-state index in [1.807, 2.05) is 0 Å². The molecule has 0 saturated carbocycles. The average molecular weight is 331 g/mol. The molecule has 7 heteroatoms. The van der Waals surface area contributed by atoms with E-state index in [0.717, 1.165) is 16.7 Å². The molecule has 1 aromatic carbocycles. The van der Waals surface area contributed by atoms with Gasteiger partial charge in [0.25, 0.3) is 5.56 Å². The second-order valence-electron chi connectivity index (χ2n) is 5.49. The number of fused-ring (bicyclic) bond motifs is 1. The number of H-pyrrole nitrogens is 1. The molecular weight excluding hydrogens is 316 g/mol. The summed E-state index contributed by atoms with van der Waals surface area (Å²) in [5, 5.41) is 0. The maximum absolute atomic E-state index is 13.1. The first-order chi connectivity index (χ1) is 11.6. The highest BCUT2D eigenvalue weighted by molar-refractivity contribution is 5.71. The van der Waals surface area contributed by atoms with Crippen molar-refractivity contribution in [2.45, 2.75) is 25.8 Å². The van der Waals surface area contributed by atoms with Crippen molar-refractivity contribution in [2.24, 2.45) is 0 Å². The van der Waals surface area contributed by atoms with Crippen molar-refractivity contribution in [1.82, 2.24) is 14.5 Å². The van der Waals surface area contributed by atoms with Crippen LogP contribution in [0.2, 0.25) is 0 Å². The van der Waals surface area contributed by atoms with E-state index >= 15 is 0 Å². The summed E-state index contributed by atoms with van der Waals surface area (Å²) in [5.74, 6) is -1.75. The van der Waals surface area contributed by atoms with Crippen LogP contribution in [0.15, 0.2) is 46.1 Å². The Labute approximate surface area is 135 Å². The molecule has 0 amide bonds. The Morgan fingerprint density at radius 3 is 2.71 bits per heavy atom. The number of hydrogen-bond donors (Lipinski definition) is 1. The van der Waals surface area contributed by atoms with E-state index in [1.54, 1.807) is 12.1 Å². The first-order valence-electron chi connectivity index (χ1n) is 7.58. The van der Waals surface area contributed by atoms with Gasteiger partial charge in [0.15, 0.2) is 17.2 Å². The lowest BCUT2D eigenvalue weighted by molar-refractivity contribution is 0.506. The van der Waals surface area contributed by atoms with Crippen molar-refractivity contribution in [3.8, 4) is 0 Å². The number of hydrogen-bond acceptors (Lipinski definition) is 3. The molecular formula is C17H15F2N3O2. The number of aryl methyl sites for hydroxylation is 1. The molecule has 0 atom stereocenters. The molecule has 2 aromatic heterocycles. The van der Waals surface area contributed by atoms with E-state index in [4.69, 9.17) is 0 Å². The largest absolute Gasteiger partial charge is 0.328 e. The molecule has 0 aliphatic heterocycles. The Bertz CT molecular complexity index is 995. The molecule has 0 bridgehead atoms. The molecule has 3 rings (SSSR count). The first-order valence-corrected chi connectivity index (χ1v) is 7.58. The molecule has 0 aliphatic rings. The Hall–Kier alpha value is -2.83. The topological polar surface area (TPSA) is 67.8 Å². The van der Waals surface area contributed by atoms with Crippen molar-refractivity contribution in [3.05, 3.63) is 74.6 Å². The van der Waals surface area contributed by atoms with Gasteiger partial charge in [0.05, 0.1) is 5.52 Å². The van der Waals surface area contributed by atoms with E-state index in [-0.39, 0.29) is 12.1 Å². The van der Waals surface area contributed by atoms with E-state index in [9.17, 15) is 18.4 Å². The van der Waals surface area contributed by atoms with Gasteiger partial charge in [-0.25, -0.2) is 18.6 Å². The Morgan fingerprint density at radius 2 is 1.92 bits per heavy atom. The minimum Gasteiger partial charge on any atom is -0.305 e. The van der Waals surface area contributed by atoms with Gasteiger partial charge >= 0.3 is 5.69 Å². The average Bonchev–Trinajstić information content (AvgIpc) is 2.57. The van der Waals surface area contributed by atoms with E-state index in [1.165, 1.54) is 12.3 Å². The Kier molecular flexibility index (Phi) is 4.50. The summed E-state index contributed by atoms with van der Waals surface area (Å²) in [4.78, 5) is 30.9. The summed E-state index contributed by atoms with van der Waals surface area (Å²) in [6, 6.07) is 7.04. The number of unbranched alkanes of at least 4 members (excludes halogenated alkanes) is 1.